The number of hydrogen-bond acceptors (Lipinski definition) is 1. The van der Waals surface area contributed by atoms with Crippen molar-refractivity contribution >= 4 is 11.6 Å². The Kier molecular flexibility index (Phi) is 5.73. The average Bonchev–Trinajstić information content (AvgIpc) is 2.41. The van der Waals surface area contributed by atoms with Gasteiger partial charge in [-0.25, -0.2) is 4.39 Å². The molecule has 19 heavy (non-hydrogen) atoms. The van der Waals surface area contributed by atoms with E-state index in [0.717, 1.165) is 11.3 Å². The summed E-state index contributed by atoms with van der Waals surface area (Å²) in [5.41, 5.74) is 2.24. The molecule has 2 aromatic carbocycles. The Morgan fingerprint density at radius 3 is 2.26 bits per heavy atom. The van der Waals surface area contributed by atoms with Crippen molar-refractivity contribution < 1.29 is 9.18 Å². The van der Waals surface area contributed by atoms with Gasteiger partial charge in [-0.3, -0.25) is 4.79 Å². The van der Waals surface area contributed by atoms with Crippen LogP contribution in [0.4, 0.5) is 10.1 Å². The first kappa shape index (κ1) is 14.9. The molecule has 0 aliphatic carbocycles. The number of nitrogens with one attached hydrogen (secondary N) is 1. The first-order chi connectivity index (χ1) is 9.15. The normalized spacial score (nSPS) is 9.26. The molecule has 3 heteroatoms. The molecule has 0 unspecified atom stereocenters. The Hall–Kier alpha value is -2.16. The van der Waals surface area contributed by atoms with Crippen LogP contribution in [0.5, 0.6) is 0 Å². The predicted octanol–water partition coefficient (Wildman–Crippen LogP) is 4.41. The highest BCUT2D eigenvalue weighted by molar-refractivity contribution is 6.04. The summed E-state index contributed by atoms with van der Waals surface area (Å²) in [6, 6.07) is 13.0. The third-order valence-electron chi connectivity index (χ3n) is 2.38. The fraction of sp³-hybridized carbons (Fsp3) is 0.188. The second-order valence-electron chi connectivity index (χ2n) is 3.83. The van der Waals surface area contributed by atoms with Crippen LogP contribution in [0.1, 0.15) is 29.8 Å². The van der Waals surface area contributed by atoms with Crippen molar-refractivity contribution in [2.45, 2.75) is 20.8 Å². The highest BCUT2D eigenvalue weighted by Crippen LogP contribution is 2.11. The van der Waals surface area contributed by atoms with Crippen LogP contribution in [-0.4, -0.2) is 5.91 Å². The van der Waals surface area contributed by atoms with Crippen LogP contribution in [0.2, 0.25) is 0 Å². The lowest BCUT2D eigenvalue weighted by molar-refractivity contribution is 0.102. The number of rotatable bonds is 2. The second-order valence-corrected chi connectivity index (χ2v) is 3.83. The molecule has 0 spiro atoms. The van der Waals surface area contributed by atoms with E-state index in [1.807, 2.05) is 45.0 Å². The van der Waals surface area contributed by atoms with E-state index in [2.05, 4.69) is 5.32 Å². The lowest BCUT2D eigenvalue weighted by Gasteiger charge is -2.05. The van der Waals surface area contributed by atoms with Gasteiger partial charge in [0.15, 0.2) is 0 Å². The molecule has 0 heterocycles. The molecule has 0 atom stereocenters. The van der Waals surface area contributed by atoms with Gasteiger partial charge in [-0.05, 0) is 48.9 Å². The summed E-state index contributed by atoms with van der Waals surface area (Å²) in [7, 11) is 0. The Bertz CT molecular complexity index is 535. The maximum atomic E-state index is 12.7. The summed E-state index contributed by atoms with van der Waals surface area (Å²) in [4.78, 5) is 11.8. The molecule has 0 saturated heterocycles. The summed E-state index contributed by atoms with van der Waals surface area (Å²) in [5, 5.41) is 2.76. The number of carbonyl (C=O) groups excluding carboxylic acids is 1. The fourth-order valence-electron chi connectivity index (χ4n) is 1.53. The molecule has 2 nitrogen and oxygen atoms in total. The molecule has 100 valence electrons. The van der Waals surface area contributed by atoms with Crippen LogP contribution in [0.15, 0.2) is 48.5 Å². The zero-order valence-electron chi connectivity index (χ0n) is 11.4. The first-order valence-corrected chi connectivity index (χ1v) is 6.29. The van der Waals surface area contributed by atoms with E-state index < -0.39 is 0 Å². The monoisotopic (exact) mass is 259 g/mol. The molecular formula is C16H18FNO. The highest BCUT2D eigenvalue weighted by atomic mass is 19.1. The van der Waals surface area contributed by atoms with Gasteiger partial charge in [0, 0.05) is 11.3 Å². The highest BCUT2D eigenvalue weighted by Gasteiger charge is 2.05. The van der Waals surface area contributed by atoms with E-state index in [1.54, 1.807) is 0 Å². The smallest absolute Gasteiger partial charge is 0.255 e. The van der Waals surface area contributed by atoms with Crippen molar-refractivity contribution in [2.24, 2.45) is 0 Å². The van der Waals surface area contributed by atoms with Gasteiger partial charge < -0.3 is 5.32 Å². The molecule has 2 aromatic rings. The Morgan fingerprint density at radius 2 is 1.68 bits per heavy atom. The topological polar surface area (TPSA) is 29.1 Å². The summed E-state index contributed by atoms with van der Waals surface area (Å²) in [6.45, 7) is 5.95. The van der Waals surface area contributed by atoms with E-state index in [4.69, 9.17) is 0 Å². The molecular weight excluding hydrogens is 241 g/mol. The van der Waals surface area contributed by atoms with Crippen LogP contribution < -0.4 is 5.32 Å². The van der Waals surface area contributed by atoms with Crippen molar-refractivity contribution in [3.63, 3.8) is 0 Å². The minimum absolute atomic E-state index is 0.240. The number of halogens is 1. The summed E-state index contributed by atoms with van der Waals surface area (Å²) in [5.74, 6) is -0.590. The number of carbonyl (C=O) groups is 1. The summed E-state index contributed by atoms with van der Waals surface area (Å²) >= 11 is 0. The number of hydrogen-bond donors (Lipinski definition) is 1. The maximum Gasteiger partial charge on any atom is 0.255 e. The van der Waals surface area contributed by atoms with Crippen LogP contribution in [-0.2, 0) is 0 Å². The van der Waals surface area contributed by atoms with Crippen molar-refractivity contribution in [1.82, 2.24) is 0 Å². The van der Waals surface area contributed by atoms with Gasteiger partial charge in [-0.2, -0.15) is 0 Å². The lowest BCUT2D eigenvalue weighted by atomic mass is 10.2. The predicted molar refractivity (Wildman–Crippen MR) is 76.9 cm³/mol. The fourth-order valence-corrected chi connectivity index (χ4v) is 1.53. The van der Waals surface area contributed by atoms with E-state index in [-0.39, 0.29) is 11.7 Å². The number of aryl methyl sites for hydroxylation is 1. The van der Waals surface area contributed by atoms with Gasteiger partial charge in [-0.1, -0.05) is 26.0 Å². The molecule has 1 N–H and O–H groups in total. The SMILES string of the molecule is CC.Cc1cccc(NC(=O)c2ccc(F)cc2)c1. The molecule has 2 rings (SSSR count). The third-order valence-corrected chi connectivity index (χ3v) is 2.38. The minimum atomic E-state index is -0.350. The zero-order valence-corrected chi connectivity index (χ0v) is 11.4. The van der Waals surface area contributed by atoms with Crippen molar-refractivity contribution in [3.05, 3.63) is 65.5 Å². The average molecular weight is 259 g/mol. The lowest BCUT2D eigenvalue weighted by Crippen LogP contribution is -2.11. The Labute approximate surface area is 113 Å². The summed E-state index contributed by atoms with van der Waals surface area (Å²) in [6.07, 6.45) is 0. The Balaban J connectivity index is 0.000000861. The van der Waals surface area contributed by atoms with Crippen LogP contribution in [0.25, 0.3) is 0 Å². The molecule has 0 aromatic heterocycles. The molecule has 1 amide bonds. The van der Waals surface area contributed by atoms with E-state index in [0.29, 0.717) is 5.56 Å². The van der Waals surface area contributed by atoms with Crippen molar-refractivity contribution in [3.8, 4) is 0 Å². The molecule has 0 fully saturated rings. The minimum Gasteiger partial charge on any atom is -0.322 e. The third kappa shape index (κ3) is 4.54. The van der Waals surface area contributed by atoms with Gasteiger partial charge >= 0.3 is 0 Å². The molecule has 0 bridgehead atoms. The second kappa shape index (κ2) is 7.31. The van der Waals surface area contributed by atoms with E-state index >= 15 is 0 Å². The quantitative estimate of drug-likeness (QED) is 0.850. The van der Waals surface area contributed by atoms with E-state index in [9.17, 15) is 9.18 Å². The number of amides is 1. The van der Waals surface area contributed by atoms with Gasteiger partial charge in [0.25, 0.3) is 5.91 Å². The van der Waals surface area contributed by atoms with E-state index in [1.165, 1.54) is 24.3 Å². The Morgan fingerprint density at radius 1 is 1.05 bits per heavy atom. The number of benzene rings is 2. The zero-order chi connectivity index (χ0) is 14.3. The van der Waals surface area contributed by atoms with Crippen LogP contribution in [0.3, 0.4) is 0 Å². The van der Waals surface area contributed by atoms with Crippen LogP contribution >= 0.6 is 0 Å². The van der Waals surface area contributed by atoms with Gasteiger partial charge in [0.05, 0.1) is 0 Å². The van der Waals surface area contributed by atoms with Crippen molar-refractivity contribution in [1.29, 1.82) is 0 Å². The first-order valence-electron chi connectivity index (χ1n) is 6.29. The van der Waals surface area contributed by atoms with Crippen molar-refractivity contribution in [2.75, 3.05) is 5.32 Å². The molecule has 0 saturated carbocycles. The maximum absolute atomic E-state index is 12.7. The molecule has 0 radical (unpaired) electrons. The standard InChI is InChI=1S/C14H12FNO.C2H6/c1-10-3-2-4-13(9-10)16-14(17)11-5-7-12(15)8-6-11;1-2/h2-9H,1H3,(H,16,17);1-2H3. The number of anilines is 1. The molecule has 0 aliphatic rings. The van der Waals surface area contributed by atoms with Gasteiger partial charge in [0.2, 0.25) is 0 Å². The van der Waals surface area contributed by atoms with Crippen LogP contribution in [0, 0.1) is 12.7 Å². The largest absolute Gasteiger partial charge is 0.322 e. The summed E-state index contributed by atoms with van der Waals surface area (Å²) < 4.78 is 12.7. The van der Waals surface area contributed by atoms with Gasteiger partial charge in [0.1, 0.15) is 5.82 Å². The van der Waals surface area contributed by atoms with Gasteiger partial charge in [-0.15, -0.1) is 0 Å². The molecule has 0 aliphatic heterocycles.